The molecule has 0 saturated carbocycles. The molecular formula is C21H19N7O. The van der Waals surface area contributed by atoms with Crippen molar-refractivity contribution in [2.45, 2.75) is 6.92 Å². The summed E-state index contributed by atoms with van der Waals surface area (Å²) in [5.41, 5.74) is 17.6. The maximum absolute atomic E-state index is 6.19. The topological polar surface area (TPSA) is 100 Å². The second kappa shape index (κ2) is 6.61. The first-order valence-corrected chi connectivity index (χ1v) is 9.13. The number of aryl methyl sites for hydroxylation is 1. The van der Waals surface area contributed by atoms with E-state index in [1.165, 1.54) is 0 Å². The molecule has 0 radical (unpaired) electrons. The highest BCUT2D eigenvalue weighted by Crippen LogP contribution is 2.35. The Labute approximate surface area is 167 Å². The lowest BCUT2D eigenvalue weighted by Gasteiger charge is -2.28. The predicted molar refractivity (Wildman–Crippen MR) is 113 cm³/mol. The summed E-state index contributed by atoms with van der Waals surface area (Å²) < 4.78 is 5.28. The Bertz CT molecular complexity index is 1210. The molecule has 8 nitrogen and oxygen atoms in total. The van der Waals surface area contributed by atoms with E-state index in [0.29, 0.717) is 11.7 Å². The van der Waals surface area contributed by atoms with Gasteiger partial charge in [0.25, 0.3) is 0 Å². The molecule has 0 fully saturated rings. The molecule has 1 aromatic heterocycles. The minimum atomic E-state index is 0.329. The summed E-state index contributed by atoms with van der Waals surface area (Å²) in [5, 5.41) is 7.11. The van der Waals surface area contributed by atoms with E-state index in [1.807, 2.05) is 53.7 Å². The van der Waals surface area contributed by atoms with Crippen LogP contribution in [0.2, 0.25) is 0 Å². The minimum Gasteiger partial charge on any atom is -0.497 e. The highest BCUT2D eigenvalue weighted by atomic mass is 16.5. The maximum atomic E-state index is 6.19. The number of rotatable bonds is 3. The standard InChI is InChI=1S/C21H19N7O/c1-12-9-10-23-17-8-5-14(11-16(12)17)19-18(13-3-6-15(29-2)7-4-13)24-20(22)21-25-26-27-28(19)21/h3-11,26-27H,1-2H3,(H2,22,24). The molecule has 5 rings (SSSR count). The fraction of sp³-hybridized carbons (Fsp3) is 0.0952. The van der Waals surface area contributed by atoms with Gasteiger partial charge in [0.1, 0.15) is 5.75 Å². The van der Waals surface area contributed by atoms with E-state index in [-0.39, 0.29) is 0 Å². The van der Waals surface area contributed by atoms with Gasteiger partial charge < -0.3 is 10.5 Å². The molecular weight excluding hydrogens is 366 g/mol. The zero-order valence-electron chi connectivity index (χ0n) is 16.0. The number of hydrazone groups is 1. The molecule has 144 valence electrons. The Kier molecular flexibility index (Phi) is 3.92. The summed E-state index contributed by atoms with van der Waals surface area (Å²) in [5.74, 6) is 1.63. The number of aromatic nitrogens is 1. The first-order valence-electron chi connectivity index (χ1n) is 9.13. The number of hydrogen-bond donors (Lipinski definition) is 3. The first-order chi connectivity index (χ1) is 14.2. The molecule has 4 N–H and O–H groups in total. The lowest BCUT2D eigenvalue weighted by Crippen LogP contribution is -2.46. The molecule has 0 spiro atoms. The zero-order valence-corrected chi connectivity index (χ0v) is 16.0. The molecule has 29 heavy (non-hydrogen) atoms. The van der Waals surface area contributed by atoms with Crippen molar-refractivity contribution in [2.24, 2.45) is 15.8 Å². The van der Waals surface area contributed by atoms with Gasteiger partial charge in [-0.05, 0) is 55.0 Å². The summed E-state index contributed by atoms with van der Waals surface area (Å²) in [4.78, 5) is 9.14. The number of benzene rings is 2. The van der Waals surface area contributed by atoms with Gasteiger partial charge in [-0.1, -0.05) is 6.07 Å². The van der Waals surface area contributed by atoms with Crippen molar-refractivity contribution in [2.75, 3.05) is 7.11 Å². The van der Waals surface area contributed by atoms with Crippen LogP contribution >= 0.6 is 0 Å². The van der Waals surface area contributed by atoms with Gasteiger partial charge in [0, 0.05) is 22.7 Å². The summed E-state index contributed by atoms with van der Waals surface area (Å²) in [6.07, 6.45) is 1.82. The van der Waals surface area contributed by atoms with E-state index in [4.69, 9.17) is 10.5 Å². The second-order valence-electron chi connectivity index (χ2n) is 6.78. The number of hydrazine groups is 2. The van der Waals surface area contributed by atoms with Crippen LogP contribution in [0.4, 0.5) is 0 Å². The highest BCUT2D eigenvalue weighted by molar-refractivity contribution is 6.43. The fourth-order valence-electron chi connectivity index (χ4n) is 3.54. The van der Waals surface area contributed by atoms with Crippen LogP contribution in [0.25, 0.3) is 22.3 Å². The number of ether oxygens (including phenoxy) is 1. The molecule has 0 saturated heterocycles. The average molecular weight is 385 g/mol. The Balaban J connectivity index is 1.76. The monoisotopic (exact) mass is 385 g/mol. The maximum Gasteiger partial charge on any atom is 0.213 e. The van der Waals surface area contributed by atoms with Gasteiger partial charge in [-0.2, -0.15) is 0 Å². The number of amidine groups is 2. The van der Waals surface area contributed by atoms with Crippen molar-refractivity contribution >= 4 is 34.0 Å². The fourth-order valence-corrected chi connectivity index (χ4v) is 3.54. The Hall–Kier alpha value is -3.91. The molecule has 8 heteroatoms. The molecule has 0 atom stereocenters. The third-order valence-corrected chi connectivity index (χ3v) is 5.04. The van der Waals surface area contributed by atoms with E-state index < -0.39 is 0 Å². The van der Waals surface area contributed by atoms with Crippen molar-refractivity contribution < 1.29 is 4.74 Å². The zero-order chi connectivity index (χ0) is 20.0. The van der Waals surface area contributed by atoms with E-state index in [9.17, 15) is 0 Å². The number of methoxy groups -OCH3 is 1. The minimum absolute atomic E-state index is 0.329. The number of fused-ring (bicyclic) bond motifs is 2. The summed E-state index contributed by atoms with van der Waals surface area (Å²) in [6, 6.07) is 15.9. The van der Waals surface area contributed by atoms with E-state index in [2.05, 4.69) is 39.1 Å². The molecule has 3 heterocycles. The molecule has 0 aliphatic carbocycles. The Morgan fingerprint density at radius 2 is 1.83 bits per heavy atom. The largest absolute Gasteiger partial charge is 0.497 e. The normalized spacial score (nSPS) is 15.7. The highest BCUT2D eigenvalue weighted by Gasteiger charge is 2.32. The van der Waals surface area contributed by atoms with Crippen molar-refractivity contribution in [3.05, 3.63) is 71.4 Å². The summed E-state index contributed by atoms with van der Waals surface area (Å²) >= 11 is 0. The molecule has 2 aromatic carbocycles. The van der Waals surface area contributed by atoms with Gasteiger partial charge in [-0.25, -0.2) is 15.5 Å². The molecule has 2 aliphatic rings. The van der Waals surface area contributed by atoms with Gasteiger partial charge in [0.2, 0.25) is 5.84 Å². The van der Waals surface area contributed by atoms with Crippen molar-refractivity contribution in [1.82, 2.24) is 21.1 Å². The van der Waals surface area contributed by atoms with Crippen LogP contribution in [-0.2, 0) is 0 Å². The number of nitrogens with two attached hydrogens (primary N) is 1. The van der Waals surface area contributed by atoms with E-state index in [1.54, 1.807) is 7.11 Å². The van der Waals surface area contributed by atoms with Gasteiger partial charge in [0.05, 0.1) is 24.0 Å². The van der Waals surface area contributed by atoms with Gasteiger partial charge in [0.15, 0.2) is 5.84 Å². The van der Waals surface area contributed by atoms with Crippen LogP contribution in [0, 0.1) is 6.92 Å². The smallest absolute Gasteiger partial charge is 0.213 e. The molecule has 3 aromatic rings. The Morgan fingerprint density at radius 3 is 2.62 bits per heavy atom. The van der Waals surface area contributed by atoms with Crippen LogP contribution in [0.15, 0.2) is 64.8 Å². The van der Waals surface area contributed by atoms with Crippen molar-refractivity contribution in [1.29, 1.82) is 0 Å². The number of pyridine rings is 1. The van der Waals surface area contributed by atoms with E-state index in [0.717, 1.165) is 44.7 Å². The van der Waals surface area contributed by atoms with Crippen LogP contribution in [0.1, 0.15) is 16.7 Å². The third-order valence-electron chi connectivity index (χ3n) is 5.04. The van der Waals surface area contributed by atoms with Crippen LogP contribution < -0.4 is 21.5 Å². The first kappa shape index (κ1) is 17.2. The number of nitrogens with one attached hydrogen (secondary N) is 2. The van der Waals surface area contributed by atoms with Crippen LogP contribution in [0.3, 0.4) is 0 Å². The third kappa shape index (κ3) is 2.77. The molecule has 2 aliphatic heterocycles. The lowest BCUT2D eigenvalue weighted by atomic mass is 10.00. The SMILES string of the molecule is COc1ccc(C2=C(c3ccc4nccc(C)c4c3)N3NNN=C3C(N)=N2)cc1. The van der Waals surface area contributed by atoms with Gasteiger partial charge in [-0.3, -0.25) is 4.98 Å². The average Bonchev–Trinajstić information content (AvgIpc) is 3.24. The van der Waals surface area contributed by atoms with Gasteiger partial charge in [-0.15, -0.1) is 10.6 Å². The van der Waals surface area contributed by atoms with E-state index >= 15 is 0 Å². The quantitative estimate of drug-likeness (QED) is 0.640. The molecule has 0 bridgehead atoms. The lowest BCUT2D eigenvalue weighted by molar-refractivity contribution is 0.399. The second-order valence-corrected chi connectivity index (χ2v) is 6.78. The summed E-state index contributed by atoms with van der Waals surface area (Å²) in [7, 11) is 1.64. The van der Waals surface area contributed by atoms with Crippen molar-refractivity contribution in [3.8, 4) is 5.75 Å². The van der Waals surface area contributed by atoms with Crippen molar-refractivity contribution in [3.63, 3.8) is 0 Å². The number of nitrogens with zero attached hydrogens (tertiary/aromatic N) is 4. The van der Waals surface area contributed by atoms with Crippen LogP contribution in [0.5, 0.6) is 5.75 Å². The number of aliphatic imine (C=N–C) groups is 1. The van der Waals surface area contributed by atoms with Crippen LogP contribution in [-0.4, -0.2) is 28.8 Å². The predicted octanol–water partition coefficient (Wildman–Crippen LogP) is 2.39. The molecule has 0 unspecified atom stereocenters. The van der Waals surface area contributed by atoms with Gasteiger partial charge >= 0.3 is 0 Å². The molecule has 0 amide bonds. The number of hydrogen-bond acceptors (Lipinski definition) is 8. The summed E-state index contributed by atoms with van der Waals surface area (Å²) in [6.45, 7) is 2.08. The Morgan fingerprint density at radius 1 is 1.03 bits per heavy atom.